The van der Waals surface area contributed by atoms with Crippen LogP contribution in [0, 0.1) is 5.92 Å². The summed E-state index contributed by atoms with van der Waals surface area (Å²) in [6, 6.07) is 0. The molecule has 1 N–H and O–H groups in total. The van der Waals surface area contributed by atoms with Crippen molar-refractivity contribution in [2.45, 2.75) is 6.92 Å². The van der Waals surface area contributed by atoms with Gasteiger partial charge in [0.1, 0.15) is 19.1 Å². The van der Waals surface area contributed by atoms with Crippen molar-refractivity contribution in [3.05, 3.63) is 0 Å². The lowest BCUT2D eigenvalue weighted by Gasteiger charge is -2.30. The summed E-state index contributed by atoms with van der Waals surface area (Å²) in [4.78, 5) is 10.5. The van der Waals surface area contributed by atoms with Crippen molar-refractivity contribution in [1.29, 1.82) is 0 Å². The van der Waals surface area contributed by atoms with Gasteiger partial charge in [0.2, 0.25) is 0 Å². The lowest BCUT2D eigenvalue weighted by atomic mass is 10.1. The van der Waals surface area contributed by atoms with Crippen molar-refractivity contribution >= 4 is 5.97 Å². The Kier molecular flexibility index (Phi) is 7.17. The maximum absolute atomic E-state index is 12.0. The molecule has 1 unspecified atom stereocenters. The van der Waals surface area contributed by atoms with Gasteiger partial charge in [-0.2, -0.15) is 0 Å². The molecule has 0 amide bonds. The van der Waals surface area contributed by atoms with Crippen molar-refractivity contribution in [1.82, 2.24) is 0 Å². The molecule has 1 atom stereocenters. The summed E-state index contributed by atoms with van der Waals surface area (Å²) in [6.45, 7) is 2.08. The molecule has 0 aromatic carbocycles. The summed E-state index contributed by atoms with van der Waals surface area (Å²) >= 11 is 0. The van der Waals surface area contributed by atoms with Gasteiger partial charge in [0.05, 0.1) is 20.6 Å². The number of hydrogen-bond donors (Lipinski definition) is 1. The van der Waals surface area contributed by atoms with Gasteiger partial charge in [-0.25, -0.2) is 4.39 Å². The van der Waals surface area contributed by atoms with Crippen LogP contribution in [0.25, 0.3) is 0 Å². The molecule has 13 heavy (non-hydrogen) atoms. The summed E-state index contributed by atoms with van der Waals surface area (Å²) in [7, 11) is 3.66. The van der Waals surface area contributed by atoms with E-state index in [9.17, 15) is 9.18 Å². The minimum atomic E-state index is -0.819. The molecule has 0 heterocycles. The van der Waals surface area contributed by atoms with Crippen molar-refractivity contribution in [3.8, 4) is 0 Å². The van der Waals surface area contributed by atoms with E-state index in [1.54, 1.807) is 6.92 Å². The predicted molar refractivity (Wildman–Crippen MR) is 44.6 cm³/mol. The predicted octanol–water partition coefficient (Wildman–Crippen LogP) is -2.24. The molecule has 0 bridgehead atoms. The van der Waals surface area contributed by atoms with Crippen LogP contribution < -0.4 is 12.4 Å². The van der Waals surface area contributed by atoms with Crippen LogP contribution in [0.5, 0.6) is 0 Å². The van der Waals surface area contributed by atoms with Crippen LogP contribution in [0.2, 0.25) is 0 Å². The van der Waals surface area contributed by atoms with Crippen LogP contribution in [-0.4, -0.2) is 49.4 Å². The van der Waals surface area contributed by atoms with Gasteiger partial charge < -0.3 is 22.0 Å². The molecule has 0 aromatic heterocycles. The highest BCUT2D eigenvalue weighted by molar-refractivity contribution is 5.69. The number of carboxylic acid groups (broad SMARTS) is 1. The van der Waals surface area contributed by atoms with Crippen molar-refractivity contribution in [2.75, 3.05) is 33.9 Å². The molecule has 0 spiro atoms. The van der Waals surface area contributed by atoms with Crippen LogP contribution in [0.3, 0.4) is 0 Å². The molecule has 0 saturated heterocycles. The lowest BCUT2D eigenvalue weighted by Crippen LogP contribution is -3.00. The molecule has 0 aliphatic rings. The fourth-order valence-electron chi connectivity index (χ4n) is 1.14. The average Bonchev–Trinajstić information content (AvgIpc) is 1.85. The van der Waals surface area contributed by atoms with Crippen LogP contribution in [0.1, 0.15) is 6.92 Å². The number of nitrogens with zero attached hydrogens (tertiary/aromatic N) is 1. The maximum atomic E-state index is 12.0. The highest BCUT2D eigenvalue weighted by Gasteiger charge is 2.23. The Balaban J connectivity index is 0. The van der Waals surface area contributed by atoms with E-state index < -0.39 is 18.6 Å². The number of hydrogen-bond acceptors (Lipinski definition) is 1. The van der Waals surface area contributed by atoms with Gasteiger partial charge in [0, 0.05) is 0 Å². The number of halogens is 2. The number of aliphatic carboxylic acids is 1. The van der Waals surface area contributed by atoms with Gasteiger partial charge in [-0.15, -0.1) is 0 Å². The molecule has 0 aromatic rings. The van der Waals surface area contributed by atoms with Gasteiger partial charge in [0.15, 0.2) is 0 Å². The Bertz CT molecular complexity index is 164. The molecule has 0 fully saturated rings. The largest absolute Gasteiger partial charge is 1.00 e. The van der Waals surface area contributed by atoms with E-state index in [-0.39, 0.29) is 12.4 Å². The third-order valence-corrected chi connectivity index (χ3v) is 1.88. The highest BCUT2D eigenvalue weighted by atomic mass is 35.5. The van der Waals surface area contributed by atoms with E-state index >= 15 is 0 Å². The Hall–Kier alpha value is -0.350. The molecule has 80 valence electrons. The standard InChI is InChI=1S/C8H16FNO2.ClH/c1-7(8(11)12)6-10(2,3)5-4-9;/h7H,4-6H2,1-3H3;1H. The lowest BCUT2D eigenvalue weighted by molar-refractivity contribution is -0.892. The Morgan fingerprint density at radius 2 is 2.00 bits per heavy atom. The normalized spacial score (nSPS) is 13.2. The van der Waals surface area contributed by atoms with Gasteiger partial charge in [-0.1, -0.05) is 0 Å². The topological polar surface area (TPSA) is 37.3 Å². The summed E-state index contributed by atoms with van der Waals surface area (Å²) in [5.74, 6) is -1.23. The molecular formula is C8H17ClFNO2. The second kappa shape index (κ2) is 6.16. The van der Waals surface area contributed by atoms with Crippen LogP contribution >= 0.6 is 0 Å². The fourth-order valence-corrected chi connectivity index (χ4v) is 1.14. The van der Waals surface area contributed by atoms with Crippen molar-refractivity contribution < 1.29 is 31.2 Å². The Morgan fingerprint density at radius 1 is 1.54 bits per heavy atom. The maximum Gasteiger partial charge on any atom is 0.311 e. The van der Waals surface area contributed by atoms with Gasteiger partial charge in [-0.05, 0) is 6.92 Å². The van der Waals surface area contributed by atoms with Crippen LogP contribution in [0.4, 0.5) is 4.39 Å². The molecular weight excluding hydrogens is 197 g/mol. The van der Waals surface area contributed by atoms with E-state index in [1.165, 1.54) is 0 Å². The quantitative estimate of drug-likeness (QED) is 0.525. The second-order valence-electron chi connectivity index (χ2n) is 3.77. The average molecular weight is 214 g/mol. The van der Waals surface area contributed by atoms with E-state index in [2.05, 4.69) is 0 Å². The summed E-state index contributed by atoms with van der Waals surface area (Å²) < 4.78 is 12.4. The third-order valence-electron chi connectivity index (χ3n) is 1.88. The molecule has 5 heteroatoms. The molecule has 0 aliphatic carbocycles. The first kappa shape index (κ1) is 15.1. The van der Waals surface area contributed by atoms with E-state index in [4.69, 9.17) is 5.11 Å². The van der Waals surface area contributed by atoms with Crippen molar-refractivity contribution in [2.24, 2.45) is 5.92 Å². The second-order valence-corrected chi connectivity index (χ2v) is 3.77. The van der Waals surface area contributed by atoms with Crippen LogP contribution in [0.15, 0.2) is 0 Å². The first-order chi connectivity index (χ1) is 5.39. The number of alkyl halides is 1. The van der Waals surface area contributed by atoms with E-state index in [0.717, 1.165) is 0 Å². The molecule has 0 saturated carbocycles. The summed E-state index contributed by atoms with van der Waals surface area (Å²) in [6.07, 6.45) is 0. The monoisotopic (exact) mass is 213 g/mol. The number of carboxylic acids is 1. The molecule has 3 nitrogen and oxygen atoms in total. The number of carbonyl (C=O) groups is 1. The number of rotatable bonds is 5. The van der Waals surface area contributed by atoms with Gasteiger partial charge >= 0.3 is 5.97 Å². The zero-order valence-electron chi connectivity index (χ0n) is 8.26. The number of quaternary nitrogens is 1. The van der Waals surface area contributed by atoms with Crippen molar-refractivity contribution in [3.63, 3.8) is 0 Å². The minimum Gasteiger partial charge on any atom is -1.00 e. The minimum absolute atomic E-state index is 0. The smallest absolute Gasteiger partial charge is 0.311 e. The molecule has 0 radical (unpaired) electrons. The van der Waals surface area contributed by atoms with Gasteiger partial charge in [-0.3, -0.25) is 4.79 Å². The summed E-state index contributed by atoms with van der Waals surface area (Å²) in [5.41, 5.74) is 0. The summed E-state index contributed by atoms with van der Waals surface area (Å²) in [5, 5.41) is 8.61. The Labute approximate surface area is 84.5 Å². The molecule has 0 aliphatic heterocycles. The van der Waals surface area contributed by atoms with E-state index in [0.29, 0.717) is 17.6 Å². The fraction of sp³-hybridized carbons (Fsp3) is 0.875. The first-order valence-electron chi connectivity index (χ1n) is 4.00. The third kappa shape index (κ3) is 6.78. The zero-order chi connectivity index (χ0) is 9.78. The van der Waals surface area contributed by atoms with Gasteiger partial charge in [0.25, 0.3) is 0 Å². The SMILES string of the molecule is CC(C[N+](C)(C)CCF)C(=O)O.[Cl-]. The van der Waals surface area contributed by atoms with Crippen LogP contribution in [-0.2, 0) is 4.79 Å². The zero-order valence-corrected chi connectivity index (χ0v) is 9.01. The first-order valence-corrected chi connectivity index (χ1v) is 4.00. The highest BCUT2D eigenvalue weighted by Crippen LogP contribution is 2.05. The molecule has 0 rings (SSSR count). The Morgan fingerprint density at radius 3 is 2.31 bits per heavy atom. The van der Waals surface area contributed by atoms with E-state index in [1.807, 2.05) is 14.1 Å².